The van der Waals surface area contributed by atoms with Gasteiger partial charge in [0.15, 0.2) is 0 Å². The quantitative estimate of drug-likeness (QED) is 0.785. The Bertz CT molecular complexity index is 441. The molecule has 1 amide bonds. The highest BCUT2D eigenvalue weighted by molar-refractivity contribution is 8.00. The number of nitrogens with zero attached hydrogens (tertiary/aromatic N) is 1. The van der Waals surface area contributed by atoms with E-state index in [2.05, 4.69) is 0 Å². The number of benzene rings is 1. The summed E-state index contributed by atoms with van der Waals surface area (Å²) in [7, 11) is 0. The second-order valence-corrected chi connectivity index (χ2v) is 5.12. The average molecular weight is 291 g/mol. The van der Waals surface area contributed by atoms with Crippen molar-refractivity contribution < 1.29 is 22.7 Å². The molecule has 0 spiro atoms. The number of amides is 1. The molecular weight excluding hydrogens is 279 g/mol. The molecule has 2 rings (SSSR count). The van der Waals surface area contributed by atoms with Gasteiger partial charge in [-0.2, -0.15) is 13.2 Å². The summed E-state index contributed by atoms with van der Waals surface area (Å²) in [4.78, 5) is 13.7. The van der Waals surface area contributed by atoms with Crippen LogP contribution in [0.25, 0.3) is 0 Å². The average Bonchev–Trinajstić information content (AvgIpc) is 2.38. The number of thioether (sulfide) groups is 1. The Kier molecular flexibility index (Phi) is 4.36. The molecule has 1 saturated heterocycles. The molecule has 0 saturated carbocycles. The van der Waals surface area contributed by atoms with Crippen LogP contribution in [0.5, 0.6) is 0 Å². The lowest BCUT2D eigenvalue weighted by molar-refractivity contribution is -0.0328. The van der Waals surface area contributed by atoms with E-state index >= 15 is 0 Å². The number of carbonyl (C=O) groups is 1. The standard InChI is InChI=1S/C12H12F3NO2S/c13-12(14,15)19-10-3-1-9(2-4-10)11(17)16-5-7-18-8-6-16/h1-4H,5-8H2. The SMILES string of the molecule is O=C(c1ccc(SC(F)(F)F)cc1)N1CCOCC1. The predicted molar refractivity (Wildman–Crippen MR) is 65.1 cm³/mol. The van der Waals surface area contributed by atoms with Crippen LogP contribution in [-0.2, 0) is 4.74 Å². The van der Waals surface area contributed by atoms with Crippen LogP contribution in [0.15, 0.2) is 29.2 Å². The monoisotopic (exact) mass is 291 g/mol. The van der Waals surface area contributed by atoms with Gasteiger partial charge in [0.1, 0.15) is 0 Å². The van der Waals surface area contributed by atoms with E-state index < -0.39 is 5.51 Å². The number of carbonyl (C=O) groups excluding carboxylic acids is 1. The largest absolute Gasteiger partial charge is 0.446 e. The Balaban J connectivity index is 2.03. The van der Waals surface area contributed by atoms with Crippen molar-refractivity contribution in [2.75, 3.05) is 26.3 Å². The third-order valence-corrected chi connectivity index (χ3v) is 3.37. The van der Waals surface area contributed by atoms with Gasteiger partial charge < -0.3 is 9.64 Å². The van der Waals surface area contributed by atoms with E-state index in [1.165, 1.54) is 24.3 Å². The Labute approximate surface area is 112 Å². The summed E-state index contributed by atoms with van der Waals surface area (Å²) in [6, 6.07) is 5.47. The van der Waals surface area contributed by atoms with Crippen molar-refractivity contribution >= 4 is 17.7 Å². The van der Waals surface area contributed by atoms with Gasteiger partial charge in [-0.3, -0.25) is 4.79 Å². The Morgan fingerprint density at radius 1 is 1.16 bits per heavy atom. The van der Waals surface area contributed by atoms with Crippen molar-refractivity contribution in [3.8, 4) is 0 Å². The zero-order chi connectivity index (χ0) is 13.9. The first-order chi connectivity index (χ1) is 8.96. The number of ether oxygens (including phenoxy) is 1. The van der Waals surface area contributed by atoms with Crippen molar-refractivity contribution in [2.24, 2.45) is 0 Å². The predicted octanol–water partition coefficient (Wildman–Crippen LogP) is 2.77. The van der Waals surface area contributed by atoms with Crippen LogP contribution in [-0.4, -0.2) is 42.6 Å². The van der Waals surface area contributed by atoms with Gasteiger partial charge in [-0.05, 0) is 36.0 Å². The van der Waals surface area contributed by atoms with Crippen LogP contribution >= 0.6 is 11.8 Å². The van der Waals surface area contributed by atoms with Crippen LogP contribution in [0.2, 0.25) is 0 Å². The van der Waals surface area contributed by atoms with Gasteiger partial charge in [-0.15, -0.1) is 0 Å². The summed E-state index contributed by atoms with van der Waals surface area (Å²) in [5.41, 5.74) is -3.91. The van der Waals surface area contributed by atoms with Crippen molar-refractivity contribution in [1.82, 2.24) is 4.90 Å². The number of hydrogen-bond donors (Lipinski definition) is 0. The van der Waals surface area contributed by atoms with E-state index in [0.717, 1.165) is 0 Å². The normalized spacial score (nSPS) is 16.5. The topological polar surface area (TPSA) is 29.5 Å². The minimum absolute atomic E-state index is 0.0750. The Morgan fingerprint density at radius 2 is 1.74 bits per heavy atom. The molecule has 1 heterocycles. The maximum atomic E-state index is 12.2. The summed E-state index contributed by atoms with van der Waals surface area (Å²) < 4.78 is 41.6. The summed E-state index contributed by atoms with van der Waals surface area (Å²) >= 11 is -0.188. The van der Waals surface area contributed by atoms with Gasteiger partial charge in [-0.1, -0.05) is 0 Å². The number of hydrogen-bond acceptors (Lipinski definition) is 3. The lowest BCUT2D eigenvalue weighted by Crippen LogP contribution is -2.40. The molecule has 104 valence electrons. The van der Waals surface area contributed by atoms with Crippen molar-refractivity contribution in [3.63, 3.8) is 0 Å². The smallest absolute Gasteiger partial charge is 0.378 e. The zero-order valence-corrected chi connectivity index (χ0v) is 10.8. The molecule has 1 aromatic rings. The fourth-order valence-corrected chi connectivity index (χ4v) is 2.29. The lowest BCUT2D eigenvalue weighted by atomic mass is 10.2. The summed E-state index contributed by atoms with van der Waals surface area (Å²) in [6.45, 7) is 2.01. The molecule has 0 atom stereocenters. The highest BCUT2D eigenvalue weighted by atomic mass is 32.2. The minimum Gasteiger partial charge on any atom is -0.378 e. The molecule has 1 fully saturated rings. The summed E-state index contributed by atoms with van der Waals surface area (Å²) in [5.74, 6) is -0.174. The maximum Gasteiger partial charge on any atom is 0.446 e. The van der Waals surface area contributed by atoms with E-state index in [4.69, 9.17) is 4.74 Å². The van der Waals surface area contributed by atoms with Crippen LogP contribution in [0.3, 0.4) is 0 Å². The van der Waals surface area contributed by atoms with Crippen LogP contribution in [0.1, 0.15) is 10.4 Å². The summed E-state index contributed by atoms with van der Waals surface area (Å²) in [6.07, 6.45) is 0. The third kappa shape index (κ3) is 4.14. The number of morpholine rings is 1. The van der Waals surface area contributed by atoms with Gasteiger partial charge in [0.2, 0.25) is 0 Å². The molecule has 0 aliphatic carbocycles. The van der Waals surface area contributed by atoms with E-state index in [-0.39, 0.29) is 22.6 Å². The first-order valence-electron chi connectivity index (χ1n) is 5.68. The second-order valence-electron chi connectivity index (χ2n) is 3.98. The lowest BCUT2D eigenvalue weighted by Gasteiger charge is -2.26. The molecule has 0 radical (unpaired) electrons. The van der Waals surface area contributed by atoms with Crippen molar-refractivity contribution in [2.45, 2.75) is 10.4 Å². The maximum absolute atomic E-state index is 12.2. The van der Waals surface area contributed by atoms with Crippen LogP contribution in [0.4, 0.5) is 13.2 Å². The first kappa shape index (κ1) is 14.2. The molecular formula is C12H12F3NO2S. The molecule has 3 nitrogen and oxygen atoms in total. The number of alkyl halides is 3. The second kappa shape index (κ2) is 5.83. The number of rotatable bonds is 2. The third-order valence-electron chi connectivity index (χ3n) is 2.63. The highest BCUT2D eigenvalue weighted by Crippen LogP contribution is 2.36. The van der Waals surface area contributed by atoms with Gasteiger partial charge in [0, 0.05) is 23.5 Å². The molecule has 0 N–H and O–H groups in total. The van der Waals surface area contributed by atoms with Crippen molar-refractivity contribution in [3.05, 3.63) is 29.8 Å². The van der Waals surface area contributed by atoms with E-state index in [1.807, 2.05) is 0 Å². The van der Waals surface area contributed by atoms with Crippen LogP contribution < -0.4 is 0 Å². The molecule has 1 aliphatic rings. The molecule has 0 aromatic heterocycles. The van der Waals surface area contributed by atoms with Gasteiger partial charge in [0.25, 0.3) is 5.91 Å². The molecule has 0 unspecified atom stereocenters. The van der Waals surface area contributed by atoms with Gasteiger partial charge in [-0.25, -0.2) is 0 Å². The van der Waals surface area contributed by atoms with Gasteiger partial charge in [0.05, 0.1) is 13.2 Å². The molecule has 0 bridgehead atoms. The highest BCUT2D eigenvalue weighted by Gasteiger charge is 2.29. The zero-order valence-electron chi connectivity index (χ0n) is 9.94. The first-order valence-corrected chi connectivity index (χ1v) is 6.50. The van der Waals surface area contributed by atoms with Crippen molar-refractivity contribution in [1.29, 1.82) is 0 Å². The molecule has 1 aliphatic heterocycles. The molecule has 19 heavy (non-hydrogen) atoms. The number of halogens is 3. The fraction of sp³-hybridized carbons (Fsp3) is 0.417. The van der Waals surface area contributed by atoms with E-state index in [0.29, 0.717) is 31.9 Å². The molecule has 1 aromatic carbocycles. The Hall–Kier alpha value is -1.21. The minimum atomic E-state index is -4.31. The van der Waals surface area contributed by atoms with Crippen LogP contribution in [0, 0.1) is 0 Å². The van der Waals surface area contributed by atoms with Gasteiger partial charge >= 0.3 is 5.51 Å². The van der Waals surface area contributed by atoms with E-state index in [1.54, 1.807) is 4.90 Å². The summed E-state index contributed by atoms with van der Waals surface area (Å²) in [5, 5.41) is 0. The fourth-order valence-electron chi connectivity index (χ4n) is 1.75. The van der Waals surface area contributed by atoms with E-state index in [9.17, 15) is 18.0 Å². The molecule has 7 heteroatoms. The Morgan fingerprint density at radius 3 is 2.26 bits per heavy atom.